The summed E-state index contributed by atoms with van der Waals surface area (Å²) in [7, 11) is -1.59. The molecule has 2 saturated heterocycles. The number of phenols is 1. The predicted molar refractivity (Wildman–Crippen MR) is 175 cm³/mol. The quantitative estimate of drug-likeness (QED) is 0.213. The van der Waals surface area contributed by atoms with Crippen molar-refractivity contribution in [3.63, 3.8) is 0 Å². The molecule has 47 heavy (non-hydrogen) atoms. The van der Waals surface area contributed by atoms with Gasteiger partial charge in [0.05, 0.1) is 10.5 Å². The number of fused-ring (bicyclic) bond motifs is 1. The van der Waals surface area contributed by atoms with E-state index in [-0.39, 0.29) is 34.9 Å². The third kappa shape index (κ3) is 6.41. The number of benzene rings is 3. The Hall–Kier alpha value is -4.88. The highest BCUT2D eigenvalue weighted by Gasteiger charge is 2.51. The van der Waals surface area contributed by atoms with Gasteiger partial charge in [0.25, 0.3) is 21.8 Å². The first-order valence-electron chi connectivity index (χ1n) is 15.5. The molecule has 2 fully saturated rings. The minimum Gasteiger partial charge on any atom is -0.508 e. The summed E-state index contributed by atoms with van der Waals surface area (Å²) >= 11 is 0. The zero-order valence-corrected chi connectivity index (χ0v) is 27.0. The number of hydrogen-bond donors (Lipinski definition) is 3. The molecule has 3 aromatic carbocycles. The Balaban J connectivity index is 1.37. The maximum Gasteiger partial charge on any atom is 0.341 e. The molecule has 3 N–H and O–H groups in total. The Kier molecular flexibility index (Phi) is 8.93. The second-order valence-corrected chi connectivity index (χ2v) is 13.9. The van der Waals surface area contributed by atoms with E-state index in [1.54, 1.807) is 6.20 Å². The van der Waals surface area contributed by atoms with Gasteiger partial charge in [0.2, 0.25) is 0 Å². The van der Waals surface area contributed by atoms with Crippen LogP contribution < -0.4 is 10.1 Å². The average molecular weight is 660 g/mol. The fraction of sp³-hybridized carbons (Fsp3) is 0.324. The summed E-state index contributed by atoms with van der Waals surface area (Å²) in [5.41, 5.74) is 1.47. The molecule has 1 atom stereocenters. The van der Waals surface area contributed by atoms with Gasteiger partial charge in [0, 0.05) is 44.2 Å². The highest BCUT2D eigenvalue weighted by Crippen LogP contribution is 2.35. The molecule has 1 aromatic heterocycles. The third-order valence-corrected chi connectivity index (χ3v) is 10.5. The number of ether oxygens (including phenoxy) is 1. The van der Waals surface area contributed by atoms with E-state index in [0.29, 0.717) is 28.0 Å². The molecule has 1 unspecified atom stereocenters. The molecule has 6 rings (SSSR count). The van der Waals surface area contributed by atoms with E-state index in [4.69, 9.17) is 4.74 Å². The molecule has 246 valence electrons. The number of carbonyl (C=O) groups is 3. The van der Waals surface area contributed by atoms with Gasteiger partial charge in [0.15, 0.2) is 0 Å². The van der Waals surface area contributed by atoms with Crippen LogP contribution in [0.3, 0.4) is 0 Å². The average Bonchev–Trinajstić information content (AvgIpc) is 3.58. The Labute approximate surface area is 273 Å². The number of nitrogens with one attached hydrogen (secondary N) is 2. The van der Waals surface area contributed by atoms with Gasteiger partial charge in [-0.25, -0.2) is 17.5 Å². The van der Waals surface area contributed by atoms with Gasteiger partial charge in [-0.2, -0.15) is 0 Å². The molecule has 13 heteroatoms. The van der Waals surface area contributed by atoms with Crippen molar-refractivity contribution in [2.24, 2.45) is 5.92 Å². The number of carbonyl (C=O) groups excluding carboxylic acids is 3. The number of hydrogen-bond acceptors (Lipinski definition) is 8. The number of phenolic OH excluding ortho intramolecular Hbond substituents is 1. The monoisotopic (exact) mass is 659 g/mol. The van der Waals surface area contributed by atoms with E-state index in [1.807, 2.05) is 24.3 Å². The van der Waals surface area contributed by atoms with Crippen molar-refractivity contribution in [1.82, 2.24) is 24.4 Å². The number of imide groups is 1. The highest BCUT2D eigenvalue weighted by molar-refractivity contribution is 7.89. The zero-order valence-electron chi connectivity index (χ0n) is 26.2. The summed E-state index contributed by atoms with van der Waals surface area (Å²) in [6, 6.07) is 14.9. The summed E-state index contributed by atoms with van der Waals surface area (Å²) in [5, 5.41) is 13.8. The van der Waals surface area contributed by atoms with Crippen LogP contribution in [0.1, 0.15) is 35.2 Å². The number of piperidine rings is 1. The van der Waals surface area contributed by atoms with Crippen molar-refractivity contribution < 1.29 is 32.6 Å². The standard InChI is InChI=1S/C34H37N5O7S/c1-37(2)32(41)28-20-26(11-12-31(28)46-25-9-7-24(40)8-10-25)47(44,45)39-30(19-23-21-36-29-6-4-3-5-27(23)29)33(42)38(34(39)43)18-15-22-13-16-35-17-14-22/h3-12,20-22,30,35-36,40H,13-19H2,1-2H3. The highest BCUT2D eigenvalue weighted by atomic mass is 32.2. The Morgan fingerprint density at radius 2 is 1.74 bits per heavy atom. The maximum absolute atomic E-state index is 14.4. The lowest BCUT2D eigenvalue weighted by molar-refractivity contribution is -0.128. The van der Waals surface area contributed by atoms with E-state index in [0.717, 1.165) is 41.7 Å². The van der Waals surface area contributed by atoms with Gasteiger partial charge in [-0.05, 0) is 92.4 Å². The molecular weight excluding hydrogens is 622 g/mol. The van der Waals surface area contributed by atoms with Gasteiger partial charge >= 0.3 is 6.03 Å². The number of nitrogens with zero attached hydrogens (tertiary/aromatic N) is 3. The lowest BCUT2D eigenvalue weighted by Crippen LogP contribution is -2.41. The number of sulfonamides is 1. The first kappa shape index (κ1) is 32.1. The fourth-order valence-electron chi connectivity index (χ4n) is 6.19. The van der Waals surface area contributed by atoms with Crippen molar-refractivity contribution in [3.05, 3.63) is 84.1 Å². The Bertz CT molecular complexity index is 1920. The minimum atomic E-state index is -4.64. The summed E-state index contributed by atoms with van der Waals surface area (Å²) in [6.07, 6.45) is 4.12. The number of aromatic amines is 1. The topological polar surface area (TPSA) is 152 Å². The van der Waals surface area contributed by atoms with Crippen LogP contribution >= 0.6 is 0 Å². The molecule has 0 spiro atoms. The molecular formula is C34H37N5O7S. The van der Waals surface area contributed by atoms with Gasteiger partial charge in [-0.15, -0.1) is 0 Å². The number of H-pyrrole nitrogens is 1. The predicted octanol–water partition coefficient (Wildman–Crippen LogP) is 4.32. The number of urea groups is 1. The lowest BCUT2D eigenvalue weighted by atomic mass is 9.94. The molecule has 4 aromatic rings. The van der Waals surface area contributed by atoms with Gasteiger partial charge in [-0.3, -0.25) is 14.5 Å². The third-order valence-electron chi connectivity index (χ3n) is 8.77. The molecule has 0 bridgehead atoms. The fourth-order valence-corrected chi connectivity index (χ4v) is 7.72. The van der Waals surface area contributed by atoms with E-state index in [1.165, 1.54) is 61.5 Å². The molecule has 3 heterocycles. The molecule has 0 radical (unpaired) electrons. The van der Waals surface area contributed by atoms with Gasteiger partial charge < -0.3 is 25.0 Å². The molecule has 2 aliphatic heterocycles. The van der Waals surface area contributed by atoms with Crippen LogP contribution in [0, 0.1) is 5.92 Å². The van der Waals surface area contributed by atoms with E-state index >= 15 is 0 Å². The largest absolute Gasteiger partial charge is 0.508 e. The van der Waals surface area contributed by atoms with E-state index in [9.17, 15) is 27.9 Å². The number of aromatic hydroxyl groups is 1. The molecule has 4 amide bonds. The number of aromatic nitrogens is 1. The summed E-state index contributed by atoms with van der Waals surface area (Å²) in [5.74, 6) is -0.366. The van der Waals surface area contributed by atoms with Crippen molar-refractivity contribution in [2.45, 2.75) is 36.6 Å². The van der Waals surface area contributed by atoms with Crippen LogP contribution in [0.5, 0.6) is 17.2 Å². The maximum atomic E-state index is 14.4. The number of amides is 4. The van der Waals surface area contributed by atoms with Gasteiger partial charge in [0.1, 0.15) is 23.3 Å². The Morgan fingerprint density at radius 1 is 1.02 bits per heavy atom. The first-order chi connectivity index (χ1) is 22.5. The summed E-state index contributed by atoms with van der Waals surface area (Å²) in [4.78, 5) is 46.4. The summed E-state index contributed by atoms with van der Waals surface area (Å²) < 4.78 is 35.4. The molecule has 2 aliphatic rings. The summed E-state index contributed by atoms with van der Waals surface area (Å²) in [6.45, 7) is 1.83. The number of rotatable bonds is 10. The molecule has 12 nitrogen and oxygen atoms in total. The molecule has 0 aliphatic carbocycles. The number of para-hydroxylation sites is 1. The van der Waals surface area contributed by atoms with Crippen molar-refractivity contribution in [3.8, 4) is 17.2 Å². The second kappa shape index (κ2) is 13.1. The normalized spacial score (nSPS) is 17.4. The first-order valence-corrected chi connectivity index (χ1v) is 17.0. The zero-order chi connectivity index (χ0) is 33.3. The molecule has 0 saturated carbocycles. The SMILES string of the molecule is CN(C)C(=O)c1cc(S(=O)(=O)N2C(=O)N(CCC3CCNCC3)C(=O)C2Cc2c[nH]c3ccccc23)ccc1Oc1ccc(O)cc1. The Morgan fingerprint density at radius 3 is 2.47 bits per heavy atom. The van der Waals surface area contributed by atoms with Crippen molar-refractivity contribution in [1.29, 1.82) is 0 Å². The van der Waals surface area contributed by atoms with E-state index < -0.39 is 33.9 Å². The van der Waals surface area contributed by atoms with Crippen LogP contribution in [0.15, 0.2) is 77.8 Å². The van der Waals surface area contributed by atoms with Crippen LogP contribution in [-0.4, -0.2) is 90.2 Å². The van der Waals surface area contributed by atoms with Crippen molar-refractivity contribution in [2.75, 3.05) is 33.7 Å². The van der Waals surface area contributed by atoms with E-state index in [2.05, 4.69) is 10.3 Å². The second-order valence-electron chi connectivity index (χ2n) is 12.1. The van der Waals surface area contributed by atoms with Crippen LogP contribution in [0.4, 0.5) is 4.79 Å². The minimum absolute atomic E-state index is 0.0246. The van der Waals surface area contributed by atoms with Crippen LogP contribution in [0.25, 0.3) is 10.9 Å². The smallest absolute Gasteiger partial charge is 0.341 e. The van der Waals surface area contributed by atoms with Crippen LogP contribution in [0.2, 0.25) is 0 Å². The van der Waals surface area contributed by atoms with Crippen LogP contribution in [-0.2, 0) is 21.2 Å². The van der Waals surface area contributed by atoms with Gasteiger partial charge in [-0.1, -0.05) is 18.2 Å². The van der Waals surface area contributed by atoms with Crippen molar-refractivity contribution >= 4 is 38.8 Å². The lowest BCUT2D eigenvalue weighted by Gasteiger charge is -2.24.